The largest absolute Gasteiger partial charge is 0.454 e. The Bertz CT molecular complexity index is 1740. The molecular weight excluding hydrogens is 586 g/mol. The molecular formula is C31H27N5O7S. The van der Waals surface area contributed by atoms with Crippen molar-refractivity contribution < 1.29 is 33.3 Å². The van der Waals surface area contributed by atoms with E-state index in [1.807, 2.05) is 43.3 Å². The van der Waals surface area contributed by atoms with Gasteiger partial charge in [-0.15, -0.1) is 0 Å². The number of fused-ring (bicyclic) bond motifs is 5. The van der Waals surface area contributed by atoms with E-state index >= 15 is 0 Å². The van der Waals surface area contributed by atoms with Crippen molar-refractivity contribution in [2.45, 2.75) is 37.6 Å². The quantitative estimate of drug-likeness (QED) is 0.386. The molecule has 224 valence electrons. The number of anilines is 1. The van der Waals surface area contributed by atoms with E-state index in [9.17, 15) is 14.4 Å². The number of carbonyl (C=O) groups excluding carboxylic acids is 3. The molecule has 3 aromatic rings. The number of aliphatic imine (C=N–C) groups is 2. The lowest BCUT2D eigenvalue weighted by Crippen LogP contribution is -2.46. The first kappa shape index (κ1) is 27.8. The molecule has 0 radical (unpaired) electrons. The van der Waals surface area contributed by atoms with Crippen LogP contribution in [0, 0.1) is 0 Å². The minimum atomic E-state index is -0.907. The number of nitrogens with zero attached hydrogens (tertiary/aromatic N) is 3. The molecule has 3 aromatic carbocycles. The molecule has 0 saturated carbocycles. The van der Waals surface area contributed by atoms with E-state index in [0.29, 0.717) is 57.4 Å². The summed E-state index contributed by atoms with van der Waals surface area (Å²) in [5, 5.41) is 5.70. The minimum Gasteiger partial charge on any atom is -0.454 e. The summed E-state index contributed by atoms with van der Waals surface area (Å²) in [6.07, 6.45) is 0.342. The first-order valence-electron chi connectivity index (χ1n) is 14.1. The summed E-state index contributed by atoms with van der Waals surface area (Å²) >= 11 is 1.23. The molecule has 0 aromatic heterocycles. The molecule has 13 heteroatoms. The van der Waals surface area contributed by atoms with Crippen molar-refractivity contribution in [2.24, 2.45) is 9.98 Å². The van der Waals surface area contributed by atoms with Crippen molar-refractivity contribution in [1.29, 1.82) is 0 Å². The molecule has 0 saturated heterocycles. The lowest BCUT2D eigenvalue weighted by atomic mass is 10.1. The fourth-order valence-electron chi connectivity index (χ4n) is 5.23. The van der Waals surface area contributed by atoms with E-state index in [2.05, 4.69) is 15.6 Å². The second kappa shape index (κ2) is 11.6. The third-order valence-electron chi connectivity index (χ3n) is 7.46. The lowest BCUT2D eigenvalue weighted by molar-refractivity contribution is -0.126. The third-order valence-corrected chi connectivity index (χ3v) is 8.80. The minimum absolute atomic E-state index is 0.136. The summed E-state index contributed by atoms with van der Waals surface area (Å²) in [5.74, 6) is 1.88. The van der Waals surface area contributed by atoms with Crippen molar-refractivity contribution in [3.63, 3.8) is 0 Å². The molecule has 4 heterocycles. The molecule has 0 fully saturated rings. The summed E-state index contributed by atoms with van der Waals surface area (Å²) in [5.41, 5.74) is 2.73. The normalized spacial score (nSPS) is 17.8. The van der Waals surface area contributed by atoms with Crippen LogP contribution >= 0.6 is 11.8 Å². The zero-order valence-corrected chi connectivity index (χ0v) is 24.4. The SMILES string of the molecule is CCC(SC1=Nc2ccccc2C2=NC(=O)C(CC(=O)NCc3ccc4c(c3)OCO4)N12)C(=O)Nc1ccc2c(c1)OCO2. The zero-order chi connectivity index (χ0) is 30.2. The Morgan fingerprint density at radius 2 is 1.68 bits per heavy atom. The number of amides is 3. The second-order valence-corrected chi connectivity index (χ2v) is 11.5. The molecule has 44 heavy (non-hydrogen) atoms. The van der Waals surface area contributed by atoms with Gasteiger partial charge in [-0.2, -0.15) is 4.99 Å². The van der Waals surface area contributed by atoms with Gasteiger partial charge in [0, 0.05) is 23.9 Å². The molecule has 2 atom stereocenters. The number of nitrogens with one attached hydrogen (secondary N) is 2. The van der Waals surface area contributed by atoms with Crippen LogP contribution in [-0.4, -0.2) is 58.5 Å². The number of ether oxygens (including phenoxy) is 4. The molecule has 2 unspecified atom stereocenters. The average molecular weight is 614 g/mol. The summed E-state index contributed by atoms with van der Waals surface area (Å²) < 4.78 is 21.6. The zero-order valence-electron chi connectivity index (χ0n) is 23.6. The molecule has 4 aliphatic heterocycles. The van der Waals surface area contributed by atoms with E-state index < -0.39 is 17.2 Å². The first-order valence-corrected chi connectivity index (χ1v) is 15.0. The predicted molar refractivity (Wildman–Crippen MR) is 163 cm³/mol. The number of benzene rings is 3. The van der Waals surface area contributed by atoms with Crippen LogP contribution in [0.25, 0.3) is 0 Å². The van der Waals surface area contributed by atoms with Crippen molar-refractivity contribution in [2.75, 3.05) is 18.9 Å². The van der Waals surface area contributed by atoms with Crippen LogP contribution in [-0.2, 0) is 20.9 Å². The van der Waals surface area contributed by atoms with E-state index in [-0.39, 0.29) is 38.4 Å². The van der Waals surface area contributed by atoms with Gasteiger partial charge in [-0.3, -0.25) is 19.3 Å². The second-order valence-electron chi connectivity index (χ2n) is 10.3. The Morgan fingerprint density at radius 1 is 0.955 bits per heavy atom. The van der Waals surface area contributed by atoms with Crippen LogP contribution in [0.15, 0.2) is 70.6 Å². The van der Waals surface area contributed by atoms with Gasteiger partial charge in [0.05, 0.1) is 17.4 Å². The number of hydrogen-bond donors (Lipinski definition) is 2. The maximum atomic E-state index is 13.4. The number of hydrogen-bond acceptors (Lipinski definition) is 10. The Morgan fingerprint density at radius 3 is 2.48 bits per heavy atom. The summed E-state index contributed by atoms with van der Waals surface area (Å²) in [4.78, 5) is 50.7. The van der Waals surface area contributed by atoms with E-state index in [0.717, 1.165) is 5.56 Å². The molecule has 0 spiro atoms. The number of para-hydroxylation sites is 1. The number of carbonyl (C=O) groups is 3. The Kier molecular flexibility index (Phi) is 7.30. The molecule has 7 rings (SSSR count). The maximum absolute atomic E-state index is 13.4. The standard InChI is InChI=1S/C31H27N5O7S/c1-2-26(30(39)33-18-8-10-23-25(12-18)43-16-41-23)44-31-34-20-6-4-3-5-19(20)28-35-29(38)21(36(28)31)13-27(37)32-14-17-7-9-22-24(11-17)42-15-40-22/h3-12,21,26H,2,13-16H2,1H3,(H,32,37)(H,33,39). The summed E-state index contributed by atoms with van der Waals surface area (Å²) in [6, 6.07) is 17.1. The van der Waals surface area contributed by atoms with Crippen LogP contribution in [0.2, 0.25) is 0 Å². The molecule has 4 aliphatic rings. The summed E-state index contributed by atoms with van der Waals surface area (Å²) in [6.45, 7) is 2.45. The van der Waals surface area contributed by atoms with Crippen molar-refractivity contribution in [3.8, 4) is 23.0 Å². The van der Waals surface area contributed by atoms with E-state index in [1.54, 1.807) is 29.2 Å². The van der Waals surface area contributed by atoms with Gasteiger partial charge in [-0.05, 0) is 48.4 Å². The van der Waals surface area contributed by atoms with Gasteiger partial charge in [0.25, 0.3) is 5.91 Å². The Hall–Kier alpha value is -5.04. The lowest BCUT2D eigenvalue weighted by Gasteiger charge is -2.32. The van der Waals surface area contributed by atoms with Crippen molar-refractivity contribution >= 4 is 51.9 Å². The highest BCUT2D eigenvalue weighted by Crippen LogP contribution is 2.38. The van der Waals surface area contributed by atoms with Gasteiger partial charge >= 0.3 is 0 Å². The number of thioether (sulfide) groups is 1. The Labute approximate surface area is 256 Å². The van der Waals surface area contributed by atoms with Crippen molar-refractivity contribution in [1.82, 2.24) is 10.2 Å². The first-order chi connectivity index (χ1) is 21.5. The van der Waals surface area contributed by atoms with Gasteiger partial charge in [-0.25, -0.2) is 4.99 Å². The van der Waals surface area contributed by atoms with Crippen LogP contribution in [0.4, 0.5) is 11.4 Å². The predicted octanol–water partition coefficient (Wildman–Crippen LogP) is 3.96. The topological polar surface area (TPSA) is 140 Å². The molecule has 3 amide bonds. The molecule has 0 bridgehead atoms. The van der Waals surface area contributed by atoms with Gasteiger partial charge < -0.3 is 29.6 Å². The van der Waals surface area contributed by atoms with Crippen LogP contribution in [0.3, 0.4) is 0 Å². The van der Waals surface area contributed by atoms with Crippen molar-refractivity contribution in [3.05, 3.63) is 71.8 Å². The number of amidine groups is 2. The maximum Gasteiger partial charge on any atom is 0.271 e. The highest BCUT2D eigenvalue weighted by molar-refractivity contribution is 8.15. The van der Waals surface area contributed by atoms with Crippen LogP contribution in [0.1, 0.15) is 30.9 Å². The van der Waals surface area contributed by atoms with Gasteiger partial charge in [0.1, 0.15) is 11.9 Å². The fraction of sp³-hybridized carbons (Fsp3) is 0.258. The van der Waals surface area contributed by atoms with Gasteiger partial charge in [-0.1, -0.05) is 36.9 Å². The van der Waals surface area contributed by atoms with Crippen LogP contribution in [0.5, 0.6) is 23.0 Å². The fourth-order valence-corrected chi connectivity index (χ4v) is 6.29. The molecule has 0 aliphatic carbocycles. The highest BCUT2D eigenvalue weighted by atomic mass is 32.2. The van der Waals surface area contributed by atoms with E-state index in [1.165, 1.54) is 11.8 Å². The monoisotopic (exact) mass is 613 g/mol. The number of rotatable bonds is 8. The molecule has 12 nitrogen and oxygen atoms in total. The van der Waals surface area contributed by atoms with Crippen LogP contribution < -0.4 is 29.6 Å². The van der Waals surface area contributed by atoms with E-state index in [4.69, 9.17) is 23.9 Å². The highest BCUT2D eigenvalue weighted by Gasteiger charge is 2.43. The summed E-state index contributed by atoms with van der Waals surface area (Å²) in [7, 11) is 0. The molecule has 2 N–H and O–H groups in total. The average Bonchev–Trinajstić information content (AvgIpc) is 3.77. The van der Waals surface area contributed by atoms with Gasteiger partial charge in [0.2, 0.25) is 25.4 Å². The van der Waals surface area contributed by atoms with Gasteiger partial charge in [0.15, 0.2) is 28.2 Å². The Balaban J connectivity index is 1.08. The smallest absolute Gasteiger partial charge is 0.271 e. The third kappa shape index (κ3) is 5.30.